The van der Waals surface area contributed by atoms with E-state index in [1.807, 2.05) is 13.0 Å². The zero-order valence-electron chi connectivity index (χ0n) is 19.0. The van der Waals surface area contributed by atoms with E-state index in [1.165, 1.54) is 18.2 Å². The minimum atomic E-state index is -0.934. The van der Waals surface area contributed by atoms with E-state index in [4.69, 9.17) is 14.2 Å². The Morgan fingerprint density at radius 1 is 1.36 bits per heavy atom. The molecular formula is C25H35FO7. The predicted octanol–water partition coefficient (Wildman–Crippen LogP) is 3.18. The largest absolute Gasteiger partial charge is 0.490 e. The first-order chi connectivity index (χ1) is 15.9. The molecule has 3 rings (SSSR count). The quantitative estimate of drug-likeness (QED) is 0.430. The number of fused-ring (bicyclic) bond motifs is 1. The lowest BCUT2D eigenvalue weighted by Gasteiger charge is -2.21. The molecule has 7 atom stereocenters. The van der Waals surface area contributed by atoms with Crippen LogP contribution in [0.15, 0.2) is 36.4 Å². The average Bonchev–Trinajstić information content (AvgIpc) is 2.94. The highest BCUT2D eigenvalue weighted by molar-refractivity contribution is 5.72. The van der Waals surface area contributed by atoms with Gasteiger partial charge in [0.1, 0.15) is 24.3 Å². The standard InChI is InChI=1S/C25H35FO7/c1-2-4-23(25(29)30)32-13-16-7-9-21-20(22(28)12-24(21)33-14-16)10-8-18(27)15-31-19-6-3-5-17(26)11-19/h3,5-6,8,10-11,16,18,20-24,27-28H,2,4,7,9,12-15H2,1H3,(H,29,30)/b10-8+/t16-,18+,20+,21+,22+,23?,24-/m0/s1. The number of carboxylic acids is 1. The average molecular weight is 467 g/mol. The Kier molecular flexibility index (Phi) is 9.67. The summed E-state index contributed by atoms with van der Waals surface area (Å²) >= 11 is 0. The number of rotatable bonds is 11. The molecule has 1 aromatic carbocycles. The first-order valence-corrected chi connectivity index (χ1v) is 11.8. The summed E-state index contributed by atoms with van der Waals surface area (Å²) in [6.45, 7) is 2.73. The monoisotopic (exact) mass is 466 g/mol. The predicted molar refractivity (Wildman–Crippen MR) is 119 cm³/mol. The lowest BCUT2D eigenvalue weighted by Crippen LogP contribution is -2.27. The third kappa shape index (κ3) is 7.50. The van der Waals surface area contributed by atoms with Gasteiger partial charge in [0.05, 0.1) is 25.4 Å². The third-order valence-electron chi connectivity index (χ3n) is 6.48. The zero-order chi connectivity index (χ0) is 23.8. The fourth-order valence-electron chi connectivity index (χ4n) is 4.69. The summed E-state index contributed by atoms with van der Waals surface area (Å²) in [6.07, 6.45) is 4.54. The van der Waals surface area contributed by atoms with Crippen LogP contribution in [0.25, 0.3) is 0 Å². The van der Waals surface area contributed by atoms with Crippen LogP contribution in [-0.2, 0) is 14.3 Å². The van der Waals surface area contributed by atoms with Gasteiger partial charge in [-0.1, -0.05) is 31.6 Å². The molecule has 1 unspecified atom stereocenters. The molecule has 3 N–H and O–H groups in total. The fourth-order valence-corrected chi connectivity index (χ4v) is 4.69. The highest BCUT2D eigenvalue weighted by atomic mass is 19.1. The van der Waals surface area contributed by atoms with Crippen LogP contribution in [0.2, 0.25) is 0 Å². The van der Waals surface area contributed by atoms with E-state index >= 15 is 0 Å². The molecule has 33 heavy (non-hydrogen) atoms. The van der Waals surface area contributed by atoms with Crippen LogP contribution in [0.1, 0.15) is 39.0 Å². The first-order valence-electron chi connectivity index (χ1n) is 11.8. The van der Waals surface area contributed by atoms with E-state index in [2.05, 4.69) is 0 Å². The molecule has 184 valence electrons. The third-order valence-corrected chi connectivity index (χ3v) is 6.48. The van der Waals surface area contributed by atoms with Crippen molar-refractivity contribution in [2.75, 3.05) is 19.8 Å². The van der Waals surface area contributed by atoms with E-state index < -0.39 is 30.1 Å². The van der Waals surface area contributed by atoms with Gasteiger partial charge >= 0.3 is 5.97 Å². The zero-order valence-corrected chi connectivity index (χ0v) is 19.0. The van der Waals surface area contributed by atoms with Crippen molar-refractivity contribution >= 4 is 5.97 Å². The number of ether oxygens (including phenoxy) is 3. The van der Waals surface area contributed by atoms with Crippen molar-refractivity contribution in [3.05, 3.63) is 42.2 Å². The van der Waals surface area contributed by atoms with Gasteiger partial charge in [-0.15, -0.1) is 0 Å². The van der Waals surface area contributed by atoms with Crippen LogP contribution < -0.4 is 4.74 Å². The molecule has 1 saturated heterocycles. The van der Waals surface area contributed by atoms with Crippen molar-refractivity contribution in [3.63, 3.8) is 0 Å². The first kappa shape index (κ1) is 25.6. The molecule has 1 aliphatic carbocycles. The number of aliphatic carboxylic acids is 1. The number of carboxylic acid groups (broad SMARTS) is 1. The summed E-state index contributed by atoms with van der Waals surface area (Å²) in [5.74, 6) is -0.914. The fraction of sp³-hybridized carbons (Fsp3) is 0.640. The second-order valence-corrected chi connectivity index (χ2v) is 9.03. The van der Waals surface area contributed by atoms with Gasteiger partial charge in [0.25, 0.3) is 0 Å². The number of hydrogen-bond donors (Lipinski definition) is 3. The highest BCUT2D eigenvalue weighted by Gasteiger charge is 2.43. The van der Waals surface area contributed by atoms with Crippen molar-refractivity contribution in [3.8, 4) is 5.75 Å². The summed E-state index contributed by atoms with van der Waals surface area (Å²) in [4.78, 5) is 11.3. The Balaban J connectivity index is 1.50. The van der Waals surface area contributed by atoms with E-state index in [9.17, 15) is 24.5 Å². The van der Waals surface area contributed by atoms with Crippen LogP contribution in [0.5, 0.6) is 5.75 Å². The minimum Gasteiger partial charge on any atom is -0.490 e. The van der Waals surface area contributed by atoms with Crippen LogP contribution >= 0.6 is 0 Å². The van der Waals surface area contributed by atoms with Crippen molar-refractivity contribution in [2.45, 2.75) is 63.4 Å². The van der Waals surface area contributed by atoms with Crippen LogP contribution in [0.3, 0.4) is 0 Å². The van der Waals surface area contributed by atoms with Gasteiger partial charge in [0.15, 0.2) is 6.10 Å². The number of aliphatic hydroxyl groups is 2. The van der Waals surface area contributed by atoms with Gasteiger partial charge in [-0.05, 0) is 37.3 Å². The normalized spacial score (nSPS) is 29.4. The van der Waals surface area contributed by atoms with E-state index in [-0.39, 0.29) is 30.5 Å². The van der Waals surface area contributed by atoms with E-state index in [0.717, 1.165) is 19.3 Å². The summed E-state index contributed by atoms with van der Waals surface area (Å²) in [5.41, 5.74) is 0. The van der Waals surface area contributed by atoms with Gasteiger partial charge in [0, 0.05) is 24.3 Å². The Morgan fingerprint density at radius 3 is 2.91 bits per heavy atom. The second kappa shape index (κ2) is 12.5. The Labute approximate surface area is 194 Å². The van der Waals surface area contributed by atoms with Crippen molar-refractivity contribution in [1.82, 2.24) is 0 Å². The van der Waals surface area contributed by atoms with Crippen LogP contribution in [-0.4, -0.2) is 65.5 Å². The molecule has 0 radical (unpaired) electrons. The summed E-state index contributed by atoms with van der Waals surface area (Å²) in [5, 5.41) is 30.1. The van der Waals surface area contributed by atoms with Gasteiger partial charge in [-0.25, -0.2) is 9.18 Å². The second-order valence-electron chi connectivity index (χ2n) is 9.03. The van der Waals surface area contributed by atoms with E-state index in [1.54, 1.807) is 12.1 Å². The Morgan fingerprint density at radius 2 is 2.18 bits per heavy atom. The SMILES string of the molecule is CCCC(OC[C@@H]1CC[C@@H]2[C@@H](/C=C/[C@@H](O)COc3cccc(F)c3)[C@H](O)C[C@@H]2OC1)C(=O)O. The molecule has 7 nitrogen and oxygen atoms in total. The van der Waals surface area contributed by atoms with Gasteiger partial charge < -0.3 is 29.5 Å². The van der Waals surface area contributed by atoms with Crippen LogP contribution in [0, 0.1) is 23.6 Å². The highest BCUT2D eigenvalue weighted by Crippen LogP contribution is 2.41. The van der Waals surface area contributed by atoms with Crippen LogP contribution in [0.4, 0.5) is 4.39 Å². The Bertz CT molecular complexity index is 786. The maximum atomic E-state index is 13.2. The van der Waals surface area contributed by atoms with Crippen molar-refractivity contribution in [1.29, 1.82) is 0 Å². The molecule has 1 aromatic rings. The van der Waals surface area contributed by atoms with Gasteiger partial charge in [0.2, 0.25) is 0 Å². The maximum absolute atomic E-state index is 13.2. The maximum Gasteiger partial charge on any atom is 0.332 e. The molecular weight excluding hydrogens is 431 g/mol. The number of benzene rings is 1. The molecule has 2 fully saturated rings. The molecule has 8 heteroatoms. The van der Waals surface area contributed by atoms with Gasteiger partial charge in [-0.2, -0.15) is 0 Å². The topological polar surface area (TPSA) is 105 Å². The minimum absolute atomic E-state index is 0.0186. The smallest absolute Gasteiger partial charge is 0.332 e. The lowest BCUT2D eigenvalue weighted by atomic mass is 9.87. The summed E-state index contributed by atoms with van der Waals surface area (Å²) in [7, 11) is 0. The number of halogens is 1. The molecule has 2 aliphatic rings. The summed E-state index contributed by atoms with van der Waals surface area (Å²) in [6, 6.07) is 5.74. The van der Waals surface area contributed by atoms with Crippen molar-refractivity contribution in [2.24, 2.45) is 17.8 Å². The molecule has 0 spiro atoms. The van der Waals surface area contributed by atoms with E-state index in [0.29, 0.717) is 31.8 Å². The van der Waals surface area contributed by atoms with Gasteiger partial charge in [-0.3, -0.25) is 0 Å². The van der Waals surface area contributed by atoms with Crippen molar-refractivity contribution < 1.29 is 38.7 Å². The molecule has 1 aliphatic heterocycles. The molecule has 1 saturated carbocycles. The molecule has 1 heterocycles. The molecule has 0 bridgehead atoms. The lowest BCUT2D eigenvalue weighted by molar-refractivity contribution is -0.152. The number of carbonyl (C=O) groups is 1. The summed E-state index contributed by atoms with van der Waals surface area (Å²) < 4.78 is 30.4. The number of aliphatic hydroxyl groups excluding tert-OH is 2. The molecule has 0 amide bonds. The number of hydrogen-bond acceptors (Lipinski definition) is 6. The molecule has 0 aromatic heterocycles. The Hall–Kier alpha value is -2.00.